The summed E-state index contributed by atoms with van der Waals surface area (Å²) in [5.74, 6) is -0.647. The lowest BCUT2D eigenvalue weighted by molar-refractivity contribution is -0.116. The van der Waals surface area contributed by atoms with Gasteiger partial charge in [0.25, 0.3) is 0 Å². The van der Waals surface area contributed by atoms with Crippen molar-refractivity contribution >= 4 is 54.8 Å². The maximum Gasteiger partial charge on any atom is 0.243 e. The first kappa shape index (κ1) is 27.1. The lowest BCUT2D eigenvalue weighted by atomic mass is 10.2. The van der Waals surface area contributed by atoms with E-state index in [1.165, 1.54) is 43.4 Å². The number of hydrogen-bond acceptors (Lipinski definition) is 5. The molecule has 2 N–H and O–H groups in total. The van der Waals surface area contributed by atoms with Crippen molar-refractivity contribution in [2.45, 2.75) is 23.3 Å². The molecule has 3 aromatic carbocycles. The van der Waals surface area contributed by atoms with Gasteiger partial charge in [-0.3, -0.25) is 4.79 Å². The van der Waals surface area contributed by atoms with Crippen molar-refractivity contribution < 1.29 is 21.6 Å². The van der Waals surface area contributed by atoms with E-state index in [0.29, 0.717) is 21.2 Å². The molecule has 0 heterocycles. The number of carbonyl (C=O) groups is 1. The largest absolute Gasteiger partial charge is 0.325 e. The van der Waals surface area contributed by atoms with Crippen molar-refractivity contribution in [3.8, 4) is 0 Å². The van der Waals surface area contributed by atoms with Gasteiger partial charge < -0.3 is 5.32 Å². The van der Waals surface area contributed by atoms with E-state index < -0.39 is 32.5 Å². The quantitative estimate of drug-likeness (QED) is 0.413. The molecule has 0 aliphatic carbocycles. The molecule has 0 bridgehead atoms. The molecule has 0 unspecified atom stereocenters. The van der Waals surface area contributed by atoms with E-state index in [0.717, 1.165) is 4.31 Å². The Bertz CT molecular complexity index is 1440. The van der Waals surface area contributed by atoms with Crippen LogP contribution < -0.4 is 10.0 Å². The van der Waals surface area contributed by atoms with Gasteiger partial charge in [-0.2, -0.15) is 4.31 Å². The van der Waals surface area contributed by atoms with Gasteiger partial charge in [0, 0.05) is 22.3 Å². The van der Waals surface area contributed by atoms with Crippen LogP contribution in [0.15, 0.2) is 76.5 Å². The molecule has 0 saturated heterocycles. The monoisotopic (exact) mass is 555 g/mol. The third-order valence-corrected chi connectivity index (χ3v) is 8.79. The minimum Gasteiger partial charge on any atom is -0.325 e. The summed E-state index contributed by atoms with van der Waals surface area (Å²) in [5, 5.41) is 3.42. The molecular weight excluding hydrogens is 533 g/mol. The summed E-state index contributed by atoms with van der Waals surface area (Å²) in [6, 6.07) is 16.5. The number of rotatable bonds is 9. The molecule has 35 heavy (non-hydrogen) atoms. The molecule has 0 spiro atoms. The Morgan fingerprint density at radius 1 is 0.886 bits per heavy atom. The van der Waals surface area contributed by atoms with Crippen LogP contribution >= 0.6 is 23.2 Å². The topological polar surface area (TPSA) is 113 Å². The molecule has 0 saturated carbocycles. The predicted molar refractivity (Wildman–Crippen MR) is 137 cm³/mol. The fourth-order valence-electron chi connectivity index (χ4n) is 3.19. The first-order valence-electron chi connectivity index (χ1n) is 10.3. The van der Waals surface area contributed by atoms with Crippen molar-refractivity contribution in [1.82, 2.24) is 9.03 Å². The number of sulfonamides is 2. The highest BCUT2D eigenvalue weighted by atomic mass is 35.5. The minimum atomic E-state index is -4.10. The Morgan fingerprint density at radius 3 is 2.17 bits per heavy atom. The average molecular weight is 556 g/mol. The van der Waals surface area contributed by atoms with Crippen molar-refractivity contribution in [3.63, 3.8) is 0 Å². The number of benzene rings is 3. The van der Waals surface area contributed by atoms with Crippen molar-refractivity contribution in [2.24, 2.45) is 0 Å². The average Bonchev–Trinajstić information content (AvgIpc) is 2.80. The molecule has 8 nitrogen and oxygen atoms in total. The van der Waals surface area contributed by atoms with E-state index in [1.54, 1.807) is 37.3 Å². The maximum atomic E-state index is 13.4. The zero-order valence-electron chi connectivity index (χ0n) is 18.8. The number of hydrogen-bond donors (Lipinski definition) is 2. The lowest BCUT2D eigenvalue weighted by Crippen LogP contribution is -2.37. The van der Waals surface area contributed by atoms with E-state index >= 15 is 0 Å². The van der Waals surface area contributed by atoms with Crippen LogP contribution in [-0.2, 0) is 31.4 Å². The molecule has 3 aromatic rings. The number of nitrogens with one attached hydrogen (secondary N) is 2. The maximum absolute atomic E-state index is 13.4. The van der Waals surface area contributed by atoms with Crippen molar-refractivity contribution in [2.75, 3.05) is 18.9 Å². The van der Waals surface area contributed by atoms with Crippen LogP contribution in [0.5, 0.6) is 0 Å². The van der Waals surface area contributed by atoms with Crippen molar-refractivity contribution in [1.29, 1.82) is 0 Å². The van der Waals surface area contributed by atoms with Gasteiger partial charge in [-0.15, -0.1) is 0 Å². The van der Waals surface area contributed by atoms with Gasteiger partial charge in [0.05, 0.1) is 16.3 Å². The highest BCUT2D eigenvalue weighted by Gasteiger charge is 2.27. The Kier molecular flexibility index (Phi) is 8.58. The second kappa shape index (κ2) is 11.1. The van der Waals surface area contributed by atoms with Crippen LogP contribution in [0.2, 0.25) is 10.0 Å². The smallest absolute Gasteiger partial charge is 0.243 e. The van der Waals surface area contributed by atoms with Gasteiger partial charge >= 0.3 is 0 Å². The molecule has 0 atom stereocenters. The molecular formula is C23H23Cl2N3O5S2. The normalized spacial score (nSPS) is 12.0. The molecule has 1 amide bonds. The van der Waals surface area contributed by atoms with E-state index in [1.807, 2.05) is 0 Å². The zero-order chi connectivity index (χ0) is 25.8. The van der Waals surface area contributed by atoms with Crippen LogP contribution in [0.25, 0.3) is 0 Å². The summed E-state index contributed by atoms with van der Waals surface area (Å²) >= 11 is 12.0. The molecule has 3 rings (SSSR count). The van der Waals surface area contributed by atoms with Gasteiger partial charge in [0.2, 0.25) is 26.0 Å². The molecule has 0 radical (unpaired) electrons. The minimum absolute atomic E-state index is 0.0324. The summed E-state index contributed by atoms with van der Waals surface area (Å²) in [4.78, 5) is 12.9. The summed E-state index contributed by atoms with van der Waals surface area (Å²) < 4.78 is 54.3. The lowest BCUT2D eigenvalue weighted by Gasteiger charge is -2.22. The standard InChI is InChI=1S/C23H23Cl2N3O5S2/c1-16-6-9-21(34(30,31)26-2)13-22(16)27-23(29)15-28(14-17-4-3-5-19(25)12-17)35(32,33)20-10-7-18(24)8-11-20/h3-13,26H,14-15H2,1-2H3,(H,27,29). The van der Waals surface area contributed by atoms with Crippen LogP contribution in [0.4, 0.5) is 5.69 Å². The first-order chi connectivity index (χ1) is 16.4. The zero-order valence-corrected chi connectivity index (χ0v) is 22.0. The Morgan fingerprint density at radius 2 is 1.54 bits per heavy atom. The fourth-order valence-corrected chi connectivity index (χ4v) is 5.67. The SMILES string of the molecule is CNS(=O)(=O)c1ccc(C)c(NC(=O)CN(Cc2cccc(Cl)c2)S(=O)(=O)c2ccc(Cl)cc2)c1. The number of anilines is 1. The van der Waals surface area contributed by atoms with E-state index in [-0.39, 0.29) is 22.0 Å². The molecule has 0 aromatic heterocycles. The number of carbonyl (C=O) groups excluding carboxylic acids is 1. The number of amides is 1. The van der Waals surface area contributed by atoms with Crippen LogP contribution in [0, 0.1) is 6.92 Å². The van der Waals surface area contributed by atoms with Gasteiger partial charge in [-0.1, -0.05) is 41.4 Å². The van der Waals surface area contributed by atoms with Crippen LogP contribution in [0.1, 0.15) is 11.1 Å². The predicted octanol–water partition coefficient (Wildman–Crippen LogP) is 4.04. The summed E-state index contributed by atoms with van der Waals surface area (Å²) in [7, 11) is -6.55. The summed E-state index contributed by atoms with van der Waals surface area (Å²) in [5.41, 5.74) is 1.44. The number of nitrogens with zero attached hydrogens (tertiary/aromatic N) is 1. The third-order valence-electron chi connectivity index (χ3n) is 5.08. The van der Waals surface area contributed by atoms with E-state index in [2.05, 4.69) is 10.0 Å². The Labute approximate surface area is 215 Å². The fraction of sp³-hybridized carbons (Fsp3) is 0.174. The molecule has 12 heteroatoms. The van der Waals surface area contributed by atoms with E-state index in [9.17, 15) is 21.6 Å². The second-order valence-corrected chi connectivity index (χ2v) is 12.3. The molecule has 0 fully saturated rings. The highest BCUT2D eigenvalue weighted by Crippen LogP contribution is 2.23. The first-order valence-corrected chi connectivity index (χ1v) is 13.9. The third kappa shape index (κ3) is 6.81. The molecule has 0 aliphatic rings. The summed E-state index contributed by atoms with van der Waals surface area (Å²) in [6.45, 7) is 1.05. The molecule has 0 aliphatic heterocycles. The van der Waals surface area contributed by atoms with Crippen molar-refractivity contribution in [3.05, 3.63) is 87.9 Å². The molecule has 186 valence electrons. The highest BCUT2D eigenvalue weighted by molar-refractivity contribution is 7.89. The summed E-state index contributed by atoms with van der Waals surface area (Å²) in [6.07, 6.45) is 0. The van der Waals surface area contributed by atoms with Gasteiger partial charge in [-0.25, -0.2) is 21.6 Å². The Balaban J connectivity index is 1.92. The van der Waals surface area contributed by atoms with Crippen LogP contribution in [0.3, 0.4) is 0 Å². The van der Waals surface area contributed by atoms with Gasteiger partial charge in [0.1, 0.15) is 0 Å². The number of halogens is 2. The van der Waals surface area contributed by atoms with Crippen LogP contribution in [-0.4, -0.2) is 40.6 Å². The van der Waals surface area contributed by atoms with E-state index in [4.69, 9.17) is 23.2 Å². The Hall–Kier alpha value is -2.47. The van der Waals surface area contributed by atoms with Gasteiger partial charge in [0.15, 0.2) is 0 Å². The van der Waals surface area contributed by atoms with Gasteiger partial charge in [-0.05, 0) is 73.6 Å². The second-order valence-electron chi connectivity index (χ2n) is 7.59. The number of aryl methyl sites for hydroxylation is 1.